The molecule has 0 aliphatic carbocycles. The first-order chi connectivity index (χ1) is 25.3. The van der Waals surface area contributed by atoms with Crippen LogP contribution >= 0.6 is 11.8 Å². The highest BCUT2D eigenvalue weighted by atomic mass is 32.2. The van der Waals surface area contributed by atoms with Crippen LogP contribution < -0.4 is 27.0 Å². The first-order valence-corrected chi connectivity index (χ1v) is 18.0. The minimum absolute atomic E-state index is 0.111. The minimum atomic E-state index is -5.23. The molecule has 3 aromatic rings. The molecule has 0 fully saturated rings. The van der Waals surface area contributed by atoms with Crippen LogP contribution in [0.25, 0.3) is 0 Å². The molecule has 294 valence electrons. The van der Waals surface area contributed by atoms with Crippen LogP contribution in [0.2, 0.25) is 0 Å². The van der Waals surface area contributed by atoms with E-state index in [0.29, 0.717) is 17.0 Å². The number of alkyl halides is 6. The molecule has 0 saturated carbocycles. The van der Waals surface area contributed by atoms with E-state index >= 15 is 0 Å². The van der Waals surface area contributed by atoms with Gasteiger partial charge in [0.25, 0.3) is 5.91 Å². The molecule has 1 heterocycles. The zero-order valence-corrected chi connectivity index (χ0v) is 30.3. The monoisotopic (exact) mass is 785 g/mol. The second-order valence-corrected chi connectivity index (χ2v) is 13.8. The van der Waals surface area contributed by atoms with Crippen LogP contribution in [0.1, 0.15) is 59.4 Å². The molecule has 0 radical (unpaired) electrons. The Bertz CT molecular complexity index is 1710. The lowest BCUT2D eigenvalue weighted by Gasteiger charge is -2.27. The molecule has 0 spiro atoms. The molecule has 2 aromatic carbocycles. The fourth-order valence-electron chi connectivity index (χ4n) is 5.25. The van der Waals surface area contributed by atoms with Crippen molar-refractivity contribution in [2.45, 2.75) is 76.1 Å². The number of benzene rings is 2. The summed E-state index contributed by atoms with van der Waals surface area (Å²) in [6, 6.07) is 3.05. The Kier molecular flexibility index (Phi) is 15.5. The second kappa shape index (κ2) is 19.3. The minimum Gasteiger partial charge on any atom is -0.368 e. The maximum absolute atomic E-state index is 13.9. The topological polar surface area (TPSA) is 188 Å². The predicted molar refractivity (Wildman–Crippen MR) is 188 cm³/mol. The van der Waals surface area contributed by atoms with Crippen LogP contribution in [0.5, 0.6) is 0 Å². The maximum Gasteiger partial charge on any atom is 0.416 e. The van der Waals surface area contributed by atoms with Gasteiger partial charge in [0, 0.05) is 30.3 Å². The largest absolute Gasteiger partial charge is 0.416 e. The predicted octanol–water partition coefficient (Wildman–Crippen LogP) is 3.77. The average molecular weight is 786 g/mol. The third kappa shape index (κ3) is 13.4. The van der Waals surface area contributed by atoms with Crippen molar-refractivity contribution in [1.82, 2.24) is 31.2 Å². The number of H-pyrrole nitrogens is 1. The van der Waals surface area contributed by atoms with Crippen molar-refractivity contribution < 1.29 is 50.3 Å². The highest BCUT2D eigenvalue weighted by Crippen LogP contribution is 2.36. The SMILES string of the molecule is CSCCC(NC(=O)C(CC(C)C)NC(=O)C(Cc1cnc[nH]1)NC(=O)C(Cc1ccccc1)NC(=O)c1cc(C(F)(F)F)cc(C(F)(F)F)c1)C(N)=O. The highest BCUT2D eigenvalue weighted by Gasteiger charge is 2.38. The van der Waals surface area contributed by atoms with Crippen molar-refractivity contribution in [2.24, 2.45) is 11.7 Å². The molecule has 5 amide bonds. The molecule has 1 aromatic heterocycles. The molecule has 4 unspecified atom stereocenters. The lowest BCUT2D eigenvalue weighted by atomic mass is 10.0. The van der Waals surface area contributed by atoms with Gasteiger partial charge in [-0.15, -0.1) is 0 Å². The summed E-state index contributed by atoms with van der Waals surface area (Å²) in [5, 5.41) is 9.90. The third-order valence-electron chi connectivity index (χ3n) is 7.98. The zero-order valence-electron chi connectivity index (χ0n) is 29.4. The first-order valence-electron chi connectivity index (χ1n) is 16.6. The smallest absolute Gasteiger partial charge is 0.368 e. The van der Waals surface area contributed by atoms with E-state index in [4.69, 9.17) is 5.73 Å². The zero-order chi connectivity index (χ0) is 40.2. The van der Waals surface area contributed by atoms with Gasteiger partial charge >= 0.3 is 12.4 Å². The first kappa shape index (κ1) is 43.3. The van der Waals surface area contributed by atoms with Crippen LogP contribution in [0.15, 0.2) is 61.1 Å². The fourth-order valence-corrected chi connectivity index (χ4v) is 5.72. The number of imidazole rings is 1. The number of aromatic nitrogens is 2. The van der Waals surface area contributed by atoms with E-state index < -0.39 is 82.7 Å². The Morgan fingerprint density at radius 2 is 1.31 bits per heavy atom. The van der Waals surface area contributed by atoms with E-state index in [0.717, 1.165) is 0 Å². The van der Waals surface area contributed by atoms with E-state index in [-0.39, 0.29) is 49.8 Å². The number of carbonyl (C=O) groups excluding carboxylic acids is 5. The Hall–Kier alpha value is -5.07. The number of carbonyl (C=O) groups is 5. The molecule has 4 atom stereocenters. The molecule has 7 N–H and O–H groups in total. The number of aromatic amines is 1. The molecule has 0 aliphatic rings. The third-order valence-corrected chi connectivity index (χ3v) is 8.62. The number of halogens is 6. The molecule has 12 nitrogen and oxygen atoms in total. The highest BCUT2D eigenvalue weighted by molar-refractivity contribution is 7.98. The molecular formula is C35H41F6N7O5S. The quantitative estimate of drug-likeness (QED) is 0.106. The van der Waals surface area contributed by atoms with E-state index in [1.807, 2.05) is 0 Å². The van der Waals surface area contributed by atoms with Crippen molar-refractivity contribution in [1.29, 1.82) is 0 Å². The molecule has 54 heavy (non-hydrogen) atoms. The van der Waals surface area contributed by atoms with Gasteiger partial charge in [-0.05, 0) is 54.5 Å². The van der Waals surface area contributed by atoms with Gasteiger partial charge in [-0.2, -0.15) is 38.1 Å². The van der Waals surface area contributed by atoms with E-state index in [1.165, 1.54) is 24.3 Å². The summed E-state index contributed by atoms with van der Waals surface area (Å²) in [6.07, 6.45) is -6.15. The van der Waals surface area contributed by atoms with Crippen LogP contribution in [0, 0.1) is 5.92 Å². The normalized spacial score (nSPS) is 14.0. The lowest BCUT2D eigenvalue weighted by molar-refractivity contribution is -0.143. The van der Waals surface area contributed by atoms with Gasteiger partial charge in [-0.1, -0.05) is 44.2 Å². The van der Waals surface area contributed by atoms with Crippen molar-refractivity contribution in [3.63, 3.8) is 0 Å². The summed E-state index contributed by atoms with van der Waals surface area (Å²) in [6.45, 7) is 3.57. The molecule has 0 aliphatic heterocycles. The average Bonchev–Trinajstić information content (AvgIpc) is 3.61. The van der Waals surface area contributed by atoms with Crippen molar-refractivity contribution in [2.75, 3.05) is 12.0 Å². The number of rotatable bonds is 18. The number of amides is 5. The second-order valence-electron chi connectivity index (χ2n) is 12.8. The Balaban J connectivity index is 1.95. The van der Waals surface area contributed by atoms with Gasteiger partial charge in [0.2, 0.25) is 23.6 Å². The van der Waals surface area contributed by atoms with Gasteiger partial charge < -0.3 is 32.0 Å². The number of thioether (sulfide) groups is 1. The molecular weight excluding hydrogens is 744 g/mol. The summed E-state index contributed by atoms with van der Waals surface area (Å²) in [5.41, 5.74) is 1.82. The van der Waals surface area contributed by atoms with Crippen molar-refractivity contribution in [3.05, 3.63) is 89.0 Å². The Labute approximate surface area is 311 Å². The number of nitrogens with one attached hydrogen (secondary N) is 5. The molecule has 3 rings (SSSR count). The van der Waals surface area contributed by atoms with Gasteiger partial charge in [0.15, 0.2) is 0 Å². The molecule has 19 heteroatoms. The maximum atomic E-state index is 13.9. The Morgan fingerprint density at radius 3 is 1.81 bits per heavy atom. The van der Waals surface area contributed by atoms with Crippen molar-refractivity contribution in [3.8, 4) is 0 Å². The summed E-state index contributed by atoms with van der Waals surface area (Å²) < 4.78 is 81.3. The number of nitrogens with two attached hydrogens (primary N) is 1. The van der Waals surface area contributed by atoms with Crippen molar-refractivity contribution >= 4 is 41.3 Å². The Morgan fingerprint density at radius 1 is 0.778 bits per heavy atom. The van der Waals surface area contributed by atoms with Gasteiger partial charge in [-0.3, -0.25) is 24.0 Å². The van der Waals surface area contributed by atoms with Gasteiger partial charge in [-0.25, -0.2) is 4.98 Å². The summed E-state index contributed by atoms with van der Waals surface area (Å²) >= 11 is 1.43. The number of primary amides is 1. The van der Waals surface area contributed by atoms with E-state index in [9.17, 15) is 50.3 Å². The van der Waals surface area contributed by atoms with E-state index in [1.54, 1.807) is 50.4 Å². The summed E-state index contributed by atoms with van der Waals surface area (Å²) in [5.74, 6) is -4.42. The summed E-state index contributed by atoms with van der Waals surface area (Å²) in [7, 11) is 0. The van der Waals surface area contributed by atoms with Gasteiger partial charge in [0.05, 0.1) is 17.5 Å². The fraction of sp³-hybridized carbons (Fsp3) is 0.429. The molecule has 0 saturated heterocycles. The number of hydrogen-bond acceptors (Lipinski definition) is 7. The van der Waals surface area contributed by atoms with Crippen LogP contribution in [-0.4, -0.2) is 75.7 Å². The summed E-state index contributed by atoms with van der Waals surface area (Å²) in [4.78, 5) is 73.1. The van der Waals surface area contributed by atoms with Crippen LogP contribution in [0.4, 0.5) is 26.3 Å². The standard InChI is InChI=1S/C35H41F6N7O5S/c1-19(2)11-26(31(51)45-25(29(42)49)9-10-54-3)47-33(53)28(16-24-17-43-18-44-24)48-32(52)27(12-20-7-5-4-6-8-20)46-30(50)21-13-22(34(36,37)38)15-23(14-21)35(39,40)41/h4-8,13-15,17-19,25-28H,9-12,16H2,1-3H3,(H2,42,49)(H,43,44)(H,45,51)(H,46,50)(H,47,53)(H,48,52). The molecule has 0 bridgehead atoms. The van der Waals surface area contributed by atoms with Crippen LogP contribution in [0.3, 0.4) is 0 Å². The lowest BCUT2D eigenvalue weighted by Crippen LogP contribution is -2.59. The van der Waals surface area contributed by atoms with E-state index in [2.05, 4.69) is 31.2 Å². The van der Waals surface area contributed by atoms with Gasteiger partial charge in [0.1, 0.15) is 24.2 Å². The number of hydrogen-bond donors (Lipinski definition) is 6. The number of nitrogens with zero attached hydrogens (tertiary/aromatic N) is 1. The van der Waals surface area contributed by atoms with Crippen LogP contribution in [-0.2, 0) is 44.4 Å².